The highest BCUT2D eigenvalue weighted by atomic mass is 32.2. The first-order valence-electron chi connectivity index (χ1n) is 5.54. The number of hydrogen-bond acceptors (Lipinski definition) is 4. The van der Waals surface area contributed by atoms with E-state index in [1.165, 1.54) is 0 Å². The topological polar surface area (TPSA) is 52.6 Å². The van der Waals surface area contributed by atoms with Crippen LogP contribution in [0.15, 0.2) is 18.2 Å². The smallest absolute Gasteiger partial charge is 0.375 e. The molecular formula is C10H4F10O4S. The third kappa shape index (κ3) is 4.26. The molecule has 144 valence electrons. The zero-order chi connectivity index (χ0) is 19.8. The van der Waals surface area contributed by atoms with Crippen molar-refractivity contribution in [3.8, 4) is 5.75 Å². The minimum Gasteiger partial charge on any atom is -0.375 e. The van der Waals surface area contributed by atoms with Gasteiger partial charge in [0.1, 0.15) is 5.82 Å². The molecule has 1 aromatic carbocycles. The normalized spacial score (nSPS) is 14.0. The Hall–Kier alpha value is -1.77. The van der Waals surface area contributed by atoms with Gasteiger partial charge in [-0.2, -0.15) is 34.8 Å². The average molecular weight is 410 g/mol. The van der Waals surface area contributed by atoms with E-state index in [1.54, 1.807) is 0 Å². The Morgan fingerprint density at radius 2 is 1.48 bits per heavy atom. The maximum Gasteiger partial charge on any atom is 0.471 e. The van der Waals surface area contributed by atoms with E-state index in [0.717, 1.165) is 0 Å². The van der Waals surface area contributed by atoms with Crippen LogP contribution in [0.2, 0.25) is 0 Å². The highest BCUT2D eigenvalue weighted by molar-refractivity contribution is 7.88. The molecule has 0 unspecified atom stereocenters. The Morgan fingerprint density at radius 1 is 0.960 bits per heavy atom. The Labute approximate surface area is 132 Å². The number of benzene rings is 1. The van der Waals surface area contributed by atoms with Crippen molar-refractivity contribution in [2.45, 2.75) is 23.9 Å². The standard InChI is InChI=1S/C10H4F10O4S/c11-4-1-2-6(5(12)3-4)23-25(21,22)10(19,20)9(17,18)24-8(15,16)7(13)14/h1-3,7H. The zero-order valence-electron chi connectivity index (χ0n) is 11.1. The van der Waals surface area contributed by atoms with Gasteiger partial charge in [-0.15, -0.1) is 0 Å². The van der Waals surface area contributed by atoms with Crippen LogP contribution < -0.4 is 4.18 Å². The molecule has 4 nitrogen and oxygen atoms in total. The molecule has 0 aliphatic carbocycles. The summed E-state index contributed by atoms with van der Waals surface area (Å²) >= 11 is 0. The van der Waals surface area contributed by atoms with Crippen LogP contribution in [0.1, 0.15) is 0 Å². The van der Waals surface area contributed by atoms with Crippen LogP contribution in [0, 0.1) is 11.6 Å². The molecule has 0 spiro atoms. The lowest BCUT2D eigenvalue weighted by Crippen LogP contribution is -2.54. The number of alkyl halides is 8. The van der Waals surface area contributed by atoms with Crippen molar-refractivity contribution in [1.82, 2.24) is 0 Å². The van der Waals surface area contributed by atoms with E-state index < -0.39 is 51.4 Å². The molecule has 0 saturated heterocycles. The predicted octanol–water partition coefficient (Wildman–Crippen LogP) is 3.73. The van der Waals surface area contributed by atoms with Crippen molar-refractivity contribution < 1.29 is 61.2 Å². The second-order valence-corrected chi connectivity index (χ2v) is 5.70. The second-order valence-electron chi connectivity index (χ2n) is 4.11. The van der Waals surface area contributed by atoms with E-state index >= 15 is 0 Å². The van der Waals surface area contributed by atoms with Crippen molar-refractivity contribution in [3.63, 3.8) is 0 Å². The molecule has 0 saturated carbocycles. The van der Waals surface area contributed by atoms with Gasteiger partial charge in [-0.3, -0.25) is 0 Å². The summed E-state index contributed by atoms with van der Waals surface area (Å²) < 4.78 is 154. The summed E-state index contributed by atoms with van der Waals surface area (Å²) in [6.07, 6.45) is -17.9. The number of hydrogen-bond donors (Lipinski definition) is 0. The highest BCUT2D eigenvalue weighted by Gasteiger charge is 2.73. The number of ether oxygens (including phenoxy) is 1. The van der Waals surface area contributed by atoms with E-state index in [1.807, 2.05) is 4.74 Å². The SMILES string of the molecule is O=S(=O)(Oc1ccc(F)cc1F)C(F)(F)C(F)(F)OC(F)(F)C(F)F. The molecular weight excluding hydrogens is 406 g/mol. The molecule has 1 rings (SSSR count). The van der Waals surface area contributed by atoms with Crippen LogP contribution in [-0.2, 0) is 14.9 Å². The monoisotopic (exact) mass is 410 g/mol. The third-order valence-corrected chi connectivity index (χ3v) is 3.53. The van der Waals surface area contributed by atoms with Crippen LogP contribution in [-0.4, -0.2) is 32.3 Å². The fourth-order valence-electron chi connectivity index (χ4n) is 1.13. The summed E-state index contributed by atoms with van der Waals surface area (Å²) in [6.45, 7) is 0. The van der Waals surface area contributed by atoms with Crippen LogP contribution in [0.4, 0.5) is 43.9 Å². The van der Waals surface area contributed by atoms with E-state index in [9.17, 15) is 52.3 Å². The highest BCUT2D eigenvalue weighted by Crippen LogP contribution is 2.45. The fraction of sp³-hybridized carbons (Fsp3) is 0.400. The zero-order valence-corrected chi connectivity index (χ0v) is 11.9. The number of halogens is 10. The van der Waals surface area contributed by atoms with Crippen molar-refractivity contribution in [3.05, 3.63) is 29.8 Å². The van der Waals surface area contributed by atoms with Gasteiger partial charge >= 0.3 is 34.0 Å². The first-order chi connectivity index (χ1) is 11.0. The van der Waals surface area contributed by atoms with Gasteiger partial charge in [0.05, 0.1) is 0 Å². The minimum absolute atomic E-state index is 0.0808. The molecule has 25 heavy (non-hydrogen) atoms. The van der Waals surface area contributed by atoms with E-state index in [0.29, 0.717) is 0 Å². The van der Waals surface area contributed by atoms with Crippen LogP contribution in [0.25, 0.3) is 0 Å². The van der Waals surface area contributed by atoms with Crippen LogP contribution in [0.5, 0.6) is 5.75 Å². The van der Waals surface area contributed by atoms with Gasteiger partial charge in [-0.1, -0.05) is 0 Å². The quantitative estimate of drug-likeness (QED) is 0.508. The van der Waals surface area contributed by atoms with Crippen molar-refractivity contribution in [2.24, 2.45) is 0 Å². The van der Waals surface area contributed by atoms with Crippen LogP contribution >= 0.6 is 0 Å². The van der Waals surface area contributed by atoms with Crippen molar-refractivity contribution >= 4 is 10.1 Å². The first kappa shape index (κ1) is 21.3. The first-order valence-corrected chi connectivity index (χ1v) is 6.95. The molecule has 0 fully saturated rings. The summed E-state index contributed by atoms with van der Waals surface area (Å²) in [5.74, 6) is -4.96. The largest absolute Gasteiger partial charge is 0.471 e. The van der Waals surface area contributed by atoms with Gasteiger partial charge < -0.3 is 4.18 Å². The lowest BCUT2D eigenvalue weighted by atomic mass is 10.3. The molecule has 0 bridgehead atoms. The van der Waals surface area contributed by atoms with E-state index in [-0.39, 0.29) is 18.2 Å². The Balaban J connectivity index is 3.20. The van der Waals surface area contributed by atoms with Gasteiger partial charge in [0.25, 0.3) is 0 Å². The Morgan fingerprint density at radius 3 is 1.92 bits per heavy atom. The molecule has 0 heterocycles. The molecule has 0 aromatic heterocycles. The summed E-state index contributed by atoms with van der Waals surface area (Å²) in [5.41, 5.74) is 0. The Bertz CT molecular complexity index is 733. The van der Waals surface area contributed by atoms with Crippen molar-refractivity contribution in [1.29, 1.82) is 0 Å². The average Bonchev–Trinajstić information content (AvgIpc) is 2.40. The maximum absolute atomic E-state index is 13.3. The van der Waals surface area contributed by atoms with Crippen molar-refractivity contribution in [2.75, 3.05) is 0 Å². The molecule has 15 heteroatoms. The molecule has 0 amide bonds. The van der Waals surface area contributed by atoms with Gasteiger partial charge in [0.15, 0.2) is 11.6 Å². The van der Waals surface area contributed by atoms with Gasteiger partial charge in [0.2, 0.25) is 0 Å². The third-order valence-electron chi connectivity index (χ3n) is 2.26. The summed E-state index contributed by atoms with van der Waals surface area (Å²) in [7, 11) is -6.95. The lowest BCUT2D eigenvalue weighted by Gasteiger charge is -2.28. The van der Waals surface area contributed by atoms with E-state index in [2.05, 4.69) is 4.18 Å². The second kappa shape index (κ2) is 6.51. The van der Waals surface area contributed by atoms with Gasteiger partial charge in [-0.05, 0) is 12.1 Å². The van der Waals surface area contributed by atoms with Gasteiger partial charge in [0, 0.05) is 6.07 Å². The predicted molar refractivity (Wildman–Crippen MR) is 57.8 cm³/mol. The molecule has 0 N–H and O–H groups in total. The van der Waals surface area contributed by atoms with E-state index in [4.69, 9.17) is 0 Å². The summed E-state index contributed by atoms with van der Waals surface area (Å²) in [4.78, 5) is 0. The molecule has 0 radical (unpaired) electrons. The maximum atomic E-state index is 13.3. The molecule has 0 aliphatic rings. The fourth-order valence-corrected chi connectivity index (χ4v) is 1.94. The minimum atomic E-state index is -6.95. The summed E-state index contributed by atoms with van der Waals surface area (Å²) in [5, 5.41) is -6.65. The lowest BCUT2D eigenvalue weighted by molar-refractivity contribution is -0.435. The summed E-state index contributed by atoms with van der Waals surface area (Å²) in [6, 6.07) is 0.305. The number of rotatable bonds is 7. The van der Waals surface area contributed by atoms with Crippen LogP contribution in [0.3, 0.4) is 0 Å². The Kier molecular flexibility index (Phi) is 5.54. The molecule has 0 aliphatic heterocycles. The molecule has 1 aromatic rings. The molecule has 0 atom stereocenters. The van der Waals surface area contributed by atoms with Gasteiger partial charge in [-0.25, -0.2) is 22.3 Å².